The average molecular weight is 278 g/mol. The Hall–Kier alpha value is -1.84. The molecule has 1 rings (SSSR count). The zero-order valence-electron chi connectivity index (χ0n) is 12.0. The van der Waals surface area contributed by atoms with E-state index in [9.17, 15) is 14.7 Å². The van der Waals surface area contributed by atoms with Crippen molar-refractivity contribution in [1.82, 2.24) is 0 Å². The first-order chi connectivity index (χ1) is 9.39. The summed E-state index contributed by atoms with van der Waals surface area (Å²) in [5.41, 5.74) is 0.104. The highest BCUT2D eigenvalue weighted by atomic mass is 16.4. The number of benzene rings is 1. The first-order valence-corrected chi connectivity index (χ1v) is 6.89. The Morgan fingerprint density at radius 3 is 2.25 bits per heavy atom. The minimum atomic E-state index is -1.01. The zero-order valence-corrected chi connectivity index (χ0v) is 12.0. The lowest BCUT2D eigenvalue weighted by molar-refractivity contribution is -0.150. The summed E-state index contributed by atoms with van der Waals surface area (Å²) in [6.07, 6.45) is 1.32. The molecule has 0 fully saturated rings. The van der Waals surface area contributed by atoms with E-state index in [-0.39, 0.29) is 18.8 Å². The maximum atomic E-state index is 11.5. The quantitative estimate of drug-likeness (QED) is 0.763. The van der Waals surface area contributed by atoms with Gasteiger partial charge in [-0.15, -0.1) is 0 Å². The molecule has 20 heavy (non-hydrogen) atoms. The molecule has 4 nitrogen and oxygen atoms in total. The van der Waals surface area contributed by atoms with Crippen molar-refractivity contribution < 1.29 is 19.8 Å². The van der Waals surface area contributed by atoms with E-state index in [4.69, 9.17) is 5.11 Å². The molecule has 0 amide bonds. The number of hydrogen-bond donors (Lipinski definition) is 2. The predicted molar refractivity (Wildman–Crippen MR) is 76.7 cm³/mol. The van der Waals surface area contributed by atoms with E-state index in [2.05, 4.69) is 0 Å². The van der Waals surface area contributed by atoms with Gasteiger partial charge in [-0.05, 0) is 37.7 Å². The first kappa shape index (κ1) is 16.2. The van der Waals surface area contributed by atoms with Gasteiger partial charge < -0.3 is 10.2 Å². The van der Waals surface area contributed by atoms with Crippen molar-refractivity contribution in [1.29, 1.82) is 0 Å². The van der Waals surface area contributed by atoms with Crippen LogP contribution in [0.5, 0.6) is 0 Å². The lowest BCUT2D eigenvalue weighted by Gasteiger charge is -2.29. The highest BCUT2D eigenvalue weighted by Gasteiger charge is 2.36. The van der Waals surface area contributed by atoms with Crippen LogP contribution < -0.4 is 0 Å². The number of aliphatic carboxylic acids is 2. The Labute approximate surface area is 119 Å². The largest absolute Gasteiger partial charge is 0.481 e. The van der Waals surface area contributed by atoms with E-state index in [1.54, 1.807) is 6.92 Å². The van der Waals surface area contributed by atoms with Crippen LogP contribution in [-0.4, -0.2) is 22.2 Å². The minimum Gasteiger partial charge on any atom is -0.481 e. The van der Waals surface area contributed by atoms with Gasteiger partial charge in [-0.2, -0.15) is 0 Å². The molecule has 110 valence electrons. The van der Waals surface area contributed by atoms with Gasteiger partial charge in [0, 0.05) is 6.42 Å². The molecule has 0 saturated heterocycles. The Morgan fingerprint density at radius 2 is 1.80 bits per heavy atom. The van der Waals surface area contributed by atoms with Crippen molar-refractivity contribution >= 4 is 11.9 Å². The summed E-state index contributed by atoms with van der Waals surface area (Å²) in [4.78, 5) is 22.2. The molecule has 0 spiro atoms. The van der Waals surface area contributed by atoms with Crippen LogP contribution in [0, 0.1) is 5.41 Å². The highest BCUT2D eigenvalue weighted by molar-refractivity contribution is 5.75. The molecule has 0 saturated carbocycles. The second-order valence-electron chi connectivity index (χ2n) is 5.48. The molecule has 2 N–H and O–H groups in total. The Morgan fingerprint density at radius 1 is 1.20 bits per heavy atom. The second kappa shape index (κ2) is 7.08. The monoisotopic (exact) mass is 278 g/mol. The number of carboxylic acids is 2. The van der Waals surface area contributed by atoms with Crippen LogP contribution in [0.25, 0.3) is 0 Å². The van der Waals surface area contributed by atoms with Gasteiger partial charge in [-0.25, -0.2) is 0 Å². The van der Waals surface area contributed by atoms with Crippen LogP contribution in [0.3, 0.4) is 0 Å². The van der Waals surface area contributed by atoms with E-state index in [1.165, 1.54) is 0 Å². The summed E-state index contributed by atoms with van der Waals surface area (Å²) < 4.78 is 0. The number of carboxylic acid groups (broad SMARTS) is 2. The molecule has 2 unspecified atom stereocenters. The molecule has 0 radical (unpaired) electrons. The van der Waals surface area contributed by atoms with Crippen LogP contribution >= 0.6 is 0 Å². The average Bonchev–Trinajstić information content (AvgIpc) is 2.43. The number of hydrogen-bond acceptors (Lipinski definition) is 2. The summed E-state index contributed by atoms with van der Waals surface area (Å²) in [5, 5.41) is 18.2. The molecule has 0 aliphatic carbocycles. The molecule has 1 aromatic carbocycles. The lowest BCUT2D eigenvalue weighted by atomic mass is 9.74. The topological polar surface area (TPSA) is 74.6 Å². The predicted octanol–water partition coefficient (Wildman–Crippen LogP) is 3.53. The number of carbonyl (C=O) groups is 2. The van der Waals surface area contributed by atoms with Gasteiger partial charge in [0.2, 0.25) is 0 Å². The normalized spacial score (nSPS) is 15.3. The van der Waals surface area contributed by atoms with E-state index < -0.39 is 17.4 Å². The standard InChI is InChI=1S/C16H22O4/c1-3-12(13-7-5-4-6-8-13)11-16(2,15(19)20)10-9-14(17)18/h4-8,12H,3,9-11H2,1-2H3,(H,17,18)(H,19,20). The lowest BCUT2D eigenvalue weighted by Crippen LogP contribution is -2.30. The summed E-state index contributed by atoms with van der Waals surface area (Å²) in [6.45, 7) is 3.67. The maximum Gasteiger partial charge on any atom is 0.309 e. The summed E-state index contributed by atoms with van der Waals surface area (Å²) in [5.74, 6) is -1.75. The fourth-order valence-corrected chi connectivity index (χ4v) is 2.45. The maximum absolute atomic E-state index is 11.5. The Balaban J connectivity index is 2.87. The third-order valence-corrected chi connectivity index (χ3v) is 3.87. The molecule has 0 bridgehead atoms. The third kappa shape index (κ3) is 4.37. The van der Waals surface area contributed by atoms with Crippen LogP contribution in [0.4, 0.5) is 0 Å². The third-order valence-electron chi connectivity index (χ3n) is 3.87. The van der Waals surface area contributed by atoms with Gasteiger partial charge in [0.1, 0.15) is 0 Å². The van der Waals surface area contributed by atoms with E-state index in [0.29, 0.717) is 6.42 Å². The molecule has 0 aliphatic heterocycles. The van der Waals surface area contributed by atoms with E-state index in [0.717, 1.165) is 12.0 Å². The van der Waals surface area contributed by atoms with Gasteiger partial charge in [0.25, 0.3) is 0 Å². The smallest absolute Gasteiger partial charge is 0.309 e. The number of rotatable bonds is 8. The van der Waals surface area contributed by atoms with Gasteiger partial charge in [0.15, 0.2) is 0 Å². The fourth-order valence-electron chi connectivity index (χ4n) is 2.45. The molecule has 4 heteroatoms. The molecule has 1 aromatic rings. The van der Waals surface area contributed by atoms with Crippen LogP contribution in [-0.2, 0) is 9.59 Å². The zero-order chi connectivity index (χ0) is 15.2. The Kier molecular flexibility index (Phi) is 5.74. The molecule has 0 aliphatic rings. The van der Waals surface area contributed by atoms with Crippen molar-refractivity contribution in [2.24, 2.45) is 5.41 Å². The molecule has 0 aromatic heterocycles. The second-order valence-corrected chi connectivity index (χ2v) is 5.48. The fraction of sp³-hybridized carbons (Fsp3) is 0.500. The molecular weight excluding hydrogens is 256 g/mol. The van der Waals surface area contributed by atoms with Gasteiger partial charge >= 0.3 is 11.9 Å². The first-order valence-electron chi connectivity index (χ1n) is 6.89. The van der Waals surface area contributed by atoms with Crippen molar-refractivity contribution in [3.05, 3.63) is 35.9 Å². The van der Waals surface area contributed by atoms with E-state index >= 15 is 0 Å². The van der Waals surface area contributed by atoms with Crippen molar-refractivity contribution in [3.63, 3.8) is 0 Å². The van der Waals surface area contributed by atoms with Gasteiger partial charge in [-0.1, -0.05) is 37.3 Å². The molecule has 2 atom stereocenters. The van der Waals surface area contributed by atoms with Gasteiger partial charge in [0.05, 0.1) is 5.41 Å². The van der Waals surface area contributed by atoms with E-state index in [1.807, 2.05) is 37.3 Å². The summed E-state index contributed by atoms with van der Waals surface area (Å²) in [7, 11) is 0. The van der Waals surface area contributed by atoms with Crippen molar-refractivity contribution in [2.75, 3.05) is 0 Å². The van der Waals surface area contributed by atoms with Crippen LogP contribution in [0.15, 0.2) is 30.3 Å². The summed E-state index contributed by atoms with van der Waals surface area (Å²) in [6, 6.07) is 9.79. The van der Waals surface area contributed by atoms with Crippen LogP contribution in [0.2, 0.25) is 0 Å². The minimum absolute atomic E-state index is 0.117. The molecule has 0 heterocycles. The van der Waals surface area contributed by atoms with Gasteiger partial charge in [-0.3, -0.25) is 9.59 Å². The SMILES string of the molecule is CCC(CC(C)(CCC(=O)O)C(=O)O)c1ccccc1. The highest BCUT2D eigenvalue weighted by Crippen LogP contribution is 2.37. The van der Waals surface area contributed by atoms with Crippen LogP contribution in [0.1, 0.15) is 51.0 Å². The van der Waals surface area contributed by atoms with Crippen molar-refractivity contribution in [2.45, 2.75) is 45.4 Å². The Bertz CT molecular complexity index is 455. The summed E-state index contributed by atoms with van der Waals surface area (Å²) >= 11 is 0. The molecular formula is C16H22O4. The van der Waals surface area contributed by atoms with Crippen molar-refractivity contribution in [3.8, 4) is 0 Å².